The minimum absolute atomic E-state index is 0.0728. The second-order valence-corrected chi connectivity index (χ2v) is 7.33. The second-order valence-electron chi connectivity index (χ2n) is 7.33. The molecule has 1 amide bonds. The standard InChI is InChI=1S/C24H21F4NO3/c1-3-12-32-23(31)22-15(2)29(14-17-6-4-5-7-20(17)25)21(30)13-19(22)16-8-10-18(11-9-16)24(26,27)28/h3-11,19H,1,12-14H2,2H3. The van der Waals surface area contributed by atoms with Crippen LogP contribution in [-0.4, -0.2) is 23.4 Å². The lowest BCUT2D eigenvalue weighted by Crippen LogP contribution is -2.38. The number of carbonyl (C=O) groups is 2. The Morgan fingerprint density at radius 3 is 2.44 bits per heavy atom. The molecule has 168 valence electrons. The maximum atomic E-state index is 14.1. The first-order chi connectivity index (χ1) is 15.1. The number of carbonyl (C=O) groups excluding carboxylic acids is 2. The Morgan fingerprint density at radius 2 is 1.84 bits per heavy atom. The fraction of sp³-hybridized carbons (Fsp3) is 0.250. The number of esters is 1. The summed E-state index contributed by atoms with van der Waals surface area (Å²) in [7, 11) is 0. The highest BCUT2D eigenvalue weighted by atomic mass is 19.4. The minimum atomic E-state index is -4.51. The first-order valence-electron chi connectivity index (χ1n) is 9.83. The van der Waals surface area contributed by atoms with Gasteiger partial charge in [-0.1, -0.05) is 43.0 Å². The third kappa shape index (κ3) is 4.90. The summed E-state index contributed by atoms with van der Waals surface area (Å²) in [6, 6.07) is 10.3. The van der Waals surface area contributed by atoms with E-state index in [4.69, 9.17) is 4.74 Å². The van der Waals surface area contributed by atoms with Crippen molar-refractivity contribution in [3.05, 3.63) is 95.0 Å². The molecule has 0 spiro atoms. The van der Waals surface area contributed by atoms with Crippen LogP contribution in [0, 0.1) is 5.82 Å². The van der Waals surface area contributed by atoms with Gasteiger partial charge in [-0.05, 0) is 30.7 Å². The van der Waals surface area contributed by atoms with Crippen LogP contribution >= 0.6 is 0 Å². The monoisotopic (exact) mass is 447 g/mol. The molecule has 2 aromatic carbocycles. The summed E-state index contributed by atoms with van der Waals surface area (Å²) in [6.45, 7) is 4.87. The van der Waals surface area contributed by atoms with Crippen LogP contribution in [0.1, 0.15) is 36.0 Å². The van der Waals surface area contributed by atoms with Crippen molar-refractivity contribution < 1.29 is 31.9 Å². The molecule has 0 N–H and O–H groups in total. The molecule has 3 rings (SSSR count). The molecule has 0 bridgehead atoms. The summed E-state index contributed by atoms with van der Waals surface area (Å²) in [5, 5.41) is 0. The summed E-state index contributed by atoms with van der Waals surface area (Å²) in [6.07, 6.45) is -3.29. The topological polar surface area (TPSA) is 46.6 Å². The second kappa shape index (κ2) is 9.38. The summed E-state index contributed by atoms with van der Waals surface area (Å²) in [5.74, 6) is -2.37. The first-order valence-corrected chi connectivity index (χ1v) is 9.83. The maximum Gasteiger partial charge on any atom is 0.416 e. The summed E-state index contributed by atoms with van der Waals surface area (Å²) in [4.78, 5) is 27.1. The Morgan fingerprint density at radius 1 is 1.19 bits per heavy atom. The van der Waals surface area contributed by atoms with E-state index in [1.165, 1.54) is 41.3 Å². The van der Waals surface area contributed by atoms with Gasteiger partial charge in [0.25, 0.3) is 0 Å². The average Bonchev–Trinajstić information content (AvgIpc) is 2.75. The molecular weight excluding hydrogens is 426 g/mol. The van der Waals surface area contributed by atoms with Crippen LogP contribution < -0.4 is 0 Å². The average molecular weight is 447 g/mol. The normalized spacial score (nSPS) is 16.8. The third-order valence-corrected chi connectivity index (χ3v) is 5.30. The van der Waals surface area contributed by atoms with E-state index in [-0.39, 0.29) is 42.3 Å². The van der Waals surface area contributed by atoms with Crippen LogP contribution in [0.4, 0.5) is 17.6 Å². The fourth-order valence-electron chi connectivity index (χ4n) is 3.67. The van der Waals surface area contributed by atoms with Gasteiger partial charge in [-0.25, -0.2) is 9.18 Å². The highest BCUT2D eigenvalue weighted by molar-refractivity contribution is 5.95. The van der Waals surface area contributed by atoms with Gasteiger partial charge in [0.1, 0.15) is 12.4 Å². The number of amides is 1. The first kappa shape index (κ1) is 23.2. The van der Waals surface area contributed by atoms with Crippen LogP contribution in [0.5, 0.6) is 0 Å². The van der Waals surface area contributed by atoms with Gasteiger partial charge in [-0.15, -0.1) is 0 Å². The number of nitrogens with zero attached hydrogens (tertiary/aromatic N) is 1. The Kier molecular flexibility index (Phi) is 6.81. The predicted octanol–water partition coefficient (Wildman–Crippen LogP) is 5.36. The maximum absolute atomic E-state index is 14.1. The number of hydrogen-bond donors (Lipinski definition) is 0. The zero-order valence-corrected chi connectivity index (χ0v) is 17.3. The molecular formula is C24H21F4NO3. The van der Waals surface area contributed by atoms with E-state index in [1.807, 2.05) is 0 Å². The number of benzene rings is 2. The molecule has 1 unspecified atom stereocenters. The van der Waals surface area contributed by atoms with E-state index in [2.05, 4.69) is 6.58 Å². The lowest BCUT2D eigenvalue weighted by Gasteiger charge is -2.34. The molecule has 0 radical (unpaired) electrons. The van der Waals surface area contributed by atoms with Crippen molar-refractivity contribution in [3.63, 3.8) is 0 Å². The van der Waals surface area contributed by atoms with Crippen molar-refractivity contribution in [2.24, 2.45) is 0 Å². The quantitative estimate of drug-likeness (QED) is 0.340. The number of alkyl halides is 3. The number of allylic oxidation sites excluding steroid dienone is 1. The van der Waals surface area contributed by atoms with E-state index in [9.17, 15) is 27.2 Å². The van der Waals surface area contributed by atoms with E-state index in [0.717, 1.165) is 12.1 Å². The van der Waals surface area contributed by atoms with Gasteiger partial charge >= 0.3 is 12.1 Å². The van der Waals surface area contributed by atoms with Crippen LogP contribution in [0.2, 0.25) is 0 Å². The molecule has 0 aromatic heterocycles. The van der Waals surface area contributed by atoms with Gasteiger partial charge in [-0.3, -0.25) is 4.79 Å². The Labute approximate surface area is 182 Å². The number of rotatable bonds is 6. The number of hydrogen-bond acceptors (Lipinski definition) is 3. The van der Waals surface area contributed by atoms with E-state index in [1.54, 1.807) is 13.0 Å². The molecule has 2 aromatic rings. The van der Waals surface area contributed by atoms with Gasteiger partial charge in [0.05, 0.1) is 17.7 Å². The zero-order valence-electron chi connectivity index (χ0n) is 17.3. The summed E-state index contributed by atoms with van der Waals surface area (Å²) < 4.78 is 58.1. The third-order valence-electron chi connectivity index (χ3n) is 5.30. The highest BCUT2D eigenvalue weighted by Gasteiger charge is 2.38. The Balaban J connectivity index is 2.03. The summed E-state index contributed by atoms with van der Waals surface area (Å²) >= 11 is 0. The van der Waals surface area contributed by atoms with Crippen molar-refractivity contribution in [1.29, 1.82) is 0 Å². The van der Waals surface area contributed by atoms with Crippen molar-refractivity contribution in [2.45, 2.75) is 32.0 Å². The minimum Gasteiger partial charge on any atom is -0.458 e. The largest absolute Gasteiger partial charge is 0.458 e. The number of halogens is 4. The zero-order chi connectivity index (χ0) is 23.5. The molecule has 0 saturated carbocycles. The van der Waals surface area contributed by atoms with Crippen LogP contribution in [0.15, 0.2) is 72.5 Å². The van der Waals surface area contributed by atoms with Gasteiger partial charge in [0, 0.05) is 23.6 Å². The molecule has 0 fully saturated rings. The van der Waals surface area contributed by atoms with Crippen LogP contribution in [0.3, 0.4) is 0 Å². The lowest BCUT2D eigenvalue weighted by atomic mass is 9.83. The molecule has 32 heavy (non-hydrogen) atoms. The van der Waals surface area contributed by atoms with Crippen LogP contribution in [0.25, 0.3) is 0 Å². The molecule has 1 heterocycles. The fourth-order valence-corrected chi connectivity index (χ4v) is 3.67. The smallest absolute Gasteiger partial charge is 0.416 e. The molecule has 4 nitrogen and oxygen atoms in total. The van der Waals surface area contributed by atoms with Crippen molar-refractivity contribution in [2.75, 3.05) is 6.61 Å². The lowest BCUT2D eigenvalue weighted by molar-refractivity contribution is -0.140. The van der Waals surface area contributed by atoms with Crippen molar-refractivity contribution >= 4 is 11.9 Å². The Bertz CT molecular complexity index is 1060. The molecule has 1 aliphatic rings. The number of ether oxygens (including phenoxy) is 1. The van der Waals surface area contributed by atoms with Crippen molar-refractivity contribution in [3.8, 4) is 0 Å². The van der Waals surface area contributed by atoms with Crippen molar-refractivity contribution in [1.82, 2.24) is 4.90 Å². The predicted molar refractivity (Wildman–Crippen MR) is 110 cm³/mol. The highest BCUT2D eigenvalue weighted by Crippen LogP contribution is 2.39. The van der Waals surface area contributed by atoms with Gasteiger partial charge in [-0.2, -0.15) is 13.2 Å². The van der Waals surface area contributed by atoms with Gasteiger partial charge < -0.3 is 9.64 Å². The molecule has 8 heteroatoms. The molecule has 1 aliphatic heterocycles. The van der Waals surface area contributed by atoms with Gasteiger partial charge in [0.15, 0.2) is 0 Å². The van der Waals surface area contributed by atoms with E-state index in [0.29, 0.717) is 5.56 Å². The van der Waals surface area contributed by atoms with Crippen LogP contribution in [-0.2, 0) is 27.0 Å². The molecule has 0 aliphatic carbocycles. The molecule has 1 atom stereocenters. The van der Waals surface area contributed by atoms with Gasteiger partial charge in [0.2, 0.25) is 5.91 Å². The summed E-state index contributed by atoms with van der Waals surface area (Å²) in [5.41, 5.74) is 0.223. The Hall–Kier alpha value is -3.42. The molecule has 0 saturated heterocycles. The van der Waals surface area contributed by atoms with E-state index >= 15 is 0 Å². The van der Waals surface area contributed by atoms with E-state index < -0.39 is 29.4 Å². The SMILES string of the molecule is C=CCOC(=O)C1=C(C)N(Cc2ccccc2F)C(=O)CC1c1ccc(C(F)(F)F)cc1.